The Hall–Kier alpha value is -3.61. The van der Waals surface area contributed by atoms with Gasteiger partial charge in [0, 0.05) is 18.7 Å². The molecule has 0 aliphatic rings. The van der Waals surface area contributed by atoms with Crippen LogP contribution in [0.15, 0.2) is 78.5 Å². The predicted molar refractivity (Wildman–Crippen MR) is 120 cm³/mol. The maximum absolute atomic E-state index is 14.5. The second kappa shape index (κ2) is 10.9. The lowest BCUT2D eigenvalue weighted by molar-refractivity contribution is -0.173. The molecular weight excluding hydrogens is 570 g/mol. The number of halogens is 11. The van der Waals surface area contributed by atoms with Crippen LogP contribution in [0.25, 0.3) is 0 Å². The lowest BCUT2D eigenvalue weighted by Gasteiger charge is -2.35. The lowest BCUT2D eigenvalue weighted by Crippen LogP contribution is -2.49. The summed E-state index contributed by atoms with van der Waals surface area (Å²) in [4.78, 5) is 16.7. The monoisotopic (exact) mass is 584 g/mol. The molecule has 0 spiro atoms. The van der Waals surface area contributed by atoms with Gasteiger partial charge in [-0.05, 0) is 41.5 Å². The van der Waals surface area contributed by atoms with Gasteiger partial charge in [0.2, 0.25) is 5.91 Å². The summed E-state index contributed by atoms with van der Waals surface area (Å²) in [5.41, 5.74) is -7.85. The van der Waals surface area contributed by atoms with E-state index in [1.54, 1.807) is 6.07 Å². The van der Waals surface area contributed by atoms with Crippen molar-refractivity contribution in [3.05, 3.63) is 112 Å². The van der Waals surface area contributed by atoms with Crippen LogP contribution >= 0.6 is 11.6 Å². The fourth-order valence-corrected chi connectivity index (χ4v) is 3.86. The Morgan fingerprint density at radius 1 is 0.846 bits per heavy atom. The minimum atomic E-state index is -6.00. The van der Waals surface area contributed by atoms with Crippen LogP contribution in [0.5, 0.6) is 0 Å². The topological polar surface area (TPSA) is 42.0 Å². The minimum absolute atomic E-state index is 0.00485. The first-order valence-electron chi connectivity index (χ1n) is 10.6. The Morgan fingerprint density at radius 2 is 1.44 bits per heavy atom. The van der Waals surface area contributed by atoms with Crippen LogP contribution in [0.3, 0.4) is 0 Å². The summed E-state index contributed by atoms with van der Waals surface area (Å²) < 4.78 is 134. The number of nitrogens with one attached hydrogen (secondary N) is 1. The lowest BCUT2D eigenvalue weighted by atomic mass is 9.79. The molecule has 0 aliphatic carbocycles. The van der Waals surface area contributed by atoms with E-state index in [0.717, 1.165) is 12.3 Å². The average Bonchev–Trinajstić information content (AvgIpc) is 2.81. The second-order valence-corrected chi connectivity index (χ2v) is 8.63. The number of rotatable bonds is 6. The third kappa shape index (κ3) is 7.28. The molecule has 0 saturated heterocycles. The SMILES string of the molecule is O=C(C=C(C(F)(F)F)C(F)(F)F)N[C@@](Cc1ccccc1)(c1cc(F)cc(C(F)(F)F)c1)c1ccc(Cl)cn1. The first-order chi connectivity index (χ1) is 17.9. The van der Waals surface area contributed by atoms with Crippen LogP contribution in [-0.4, -0.2) is 23.2 Å². The molecule has 0 unspecified atom stereocenters. The Kier molecular flexibility index (Phi) is 8.34. The normalized spacial score (nSPS) is 13.9. The van der Waals surface area contributed by atoms with Crippen molar-refractivity contribution in [2.24, 2.45) is 0 Å². The van der Waals surface area contributed by atoms with E-state index in [0.29, 0.717) is 12.1 Å². The van der Waals surface area contributed by atoms with Gasteiger partial charge in [-0.15, -0.1) is 0 Å². The van der Waals surface area contributed by atoms with Crippen LogP contribution in [0.4, 0.5) is 43.9 Å². The highest BCUT2D eigenvalue weighted by molar-refractivity contribution is 6.30. The largest absolute Gasteiger partial charge is 0.421 e. The van der Waals surface area contributed by atoms with Crippen molar-refractivity contribution in [2.75, 3.05) is 0 Å². The molecule has 208 valence electrons. The molecule has 39 heavy (non-hydrogen) atoms. The average molecular weight is 585 g/mol. The van der Waals surface area contributed by atoms with E-state index in [-0.39, 0.29) is 22.3 Å². The number of alkyl halides is 9. The maximum Gasteiger partial charge on any atom is 0.421 e. The highest BCUT2D eigenvalue weighted by Gasteiger charge is 2.51. The van der Waals surface area contributed by atoms with Gasteiger partial charge in [-0.3, -0.25) is 9.78 Å². The highest BCUT2D eigenvalue weighted by Crippen LogP contribution is 2.40. The molecular formula is C25H15ClF10N2O. The number of pyridine rings is 1. The summed E-state index contributed by atoms with van der Waals surface area (Å²) in [6.07, 6.45) is -17.4. The molecule has 0 radical (unpaired) electrons. The third-order valence-corrected chi connectivity index (χ3v) is 5.64. The van der Waals surface area contributed by atoms with Crippen molar-refractivity contribution in [1.82, 2.24) is 10.3 Å². The van der Waals surface area contributed by atoms with E-state index in [2.05, 4.69) is 4.98 Å². The van der Waals surface area contributed by atoms with Crippen molar-refractivity contribution in [3.8, 4) is 0 Å². The number of benzene rings is 2. The van der Waals surface area contributed by atoms with E-state index < -0.39 is 65.0 Å². The van der Waals surface area contributed by atoms with Gasteiger partial charge in [0.1, 0.15) is 16.9 Å². The second-order valence-electron chi connectivity index (χ2n) is 8.20. The van der Waals surface area contributed by atoms with Crippen LogP contribution < -0.4 is 5.32 Å². The number of carbonyl (C=O) groups excluding carboxylic acids is 1. The number of amides is 1. The Balaban J connectivity index is 2.35. The Labute approximate surface area is 219 Å². The van der Waals surface area contributed by atoms with E-state index in [1.807, 2.05) is 5.32 Å². The molecule has 1 heterocycles. The van der Waals surface area contributed by atoms with Crippen LogP contribution in [-0.2, 0) is 22.9 Å². The van der Waals surface area contributed by atoms with Gasteiger partial charge in [0.25, 0.3) is 0 Å². The van der Waals surface area contributed by atoms with Gasteiger partial charge in [-0.25, -0.2) is 4.39 Å². The van der Waals surface area contributed by atoms with Crippen molar-refractivity contribution < 1.29 is 48.7 Å². The quantitative estimate of drug-likeness (QED) is 0.240. The first-order valence-corrected chi connectivity index (χ1v) is 11.0. The van der Waals surface area contributed by atoms with Crippen molar-refractivity contribution in [2.45, 2.75) is 30.5 Å². The fraction of sp³-hybridized carbons (Fsp3) is 0.200. The number of hydrogen-bond acceptors (Lipinski definition) is 2. The Bertz CT molecular complexity index is 1330. The molecule has 0 aliphatic heterocycles. The van der Waals surface area contributed by atoms with E-state index in [4.69, 9.17) is 11.6 Å². The van der Waals surface area contributed by atoms with Gasteiger partial charge < -0.3 is 5.32 Å². The molecule has 1 N–H and O–H groups in total. The van der Waals surface area contributed by atoms with Gasteiger partial charge in [0.15, 0.2) is 0 Å². The zero-order chi connectivity index (χ0) is 29.2. The Morgan fingerprint density at radius 3 is 1.95 bits per heavy atom. The van der Waals surface area contributed by atoms with Gasteiger partial charge >= 0.3 is 18.5 Å². The number of aromatic nitrogens is 1. The van der Waals surface area contributed by atoms with Crippen LogP contribution in [0.1, 0.15) is 22.4 Å². The van der Waals surface area contributed by atoms with E-state index in [9.17, 15) is 48.7 Å². The molecule has 0 fully saturated rings. The third-order valence-electron chi connectivity index (χ3n) is 5.42. The standard InChI is InChI=1S/C25H15ClF10N2O/c26-17-6-7-20(37-13-17)22(12-14-4-2-1-3-5-14,15-8-16(23(28,29)30)10-18(27)9-15)38-21(39)11-19(24(31,32)33)25(34,35)36/h1-11,13H,12H2,(H,38,39)/t22-/m0/s1. The smallest absolute Gasteiger partial charge is 0.337 e. The van der Waals surface area contributed by atoms with E-state index >= 15 is 0 Å². The molecule has 3 rings (SSSR count). The summed E-state index contributed by atoms with van der Waals surface area (Å²) in [7, 11) is 0. The molecule has 14 heteroatoms. The number of nitrogens with zero attached hydrogens (tertiary/aromatic N) is 1. The van der Waals surface area contributed by atoms with Crippen molar-refractivity contribution in [3.63, 3.8) is 0 Å². The van der Waals surface area contributed by atoms with Gasteiger partial charge in [0.05, 0.1) is 16.3 Å². The van der Waals surface area contributed by atoms with Crippen LogP contribution in [0, 0.1) is 5.82 Å². The molecule has 1 atom stereocenters. The predicted octanol–water partition coefficient (Wildman–Crippen LogP) is 7.55. The molecule has 3 aromatic rings. The van der Waals surface area contributed by atoms with Gasteiger partial charge in [-0.1, -0.05) is 41.9 Å². The molecule has 0 saturated carbocycles. The zero-order valence-corrected chi connectivity index (χ0v) is 19.9. The molecule has 3 nitrogen and oxygen atoms in total. The number of allylic oxidation sites excluding steroid dienone is 1. The summed E-state index contributed by atoms with van der Waals surface area (Å²) in [5.74, 6) is -3.42. The summed E-state index contributed by atoms with van der Waals surface area (Å²) in [6.45, 7) is 0. The molecule has 1 amide bonds. The summed E-state index contributed by atoms with van der Waals surface area (Å²) >= 11 is 5.84. The van der Waals surface area contributed by atoms with Gasteiger partial charge in [-0.2, -0.15) is 39.5 Å². The van der Waals surface area contributed by atoms with Crippen molar-refractivity contribution >= 4 is 17.5 Å². The van der Waals surface area contributed by atoms with Crippen LogP contribution in [0.2, 0.25) is 5.02 Å². The number of carbonyl (C=O) groups is 1. The molecule has 1 aromatic heterocycles. The summed E-state index contributed by atoms with van der Waals surface area (Å²) in [5, 5.41) is 1.96. The zero-order valence-electron chi connectivity index (χ0n) is 19.1. The summed E-state index contributed by atoms with van der Waals surface area (Å²) in [6, 6.07) is 10.7. The van der Waals surface area contributed by atoms with Crippen molar-refractivity contribution in [1.29, 1.82) is 0 Å². The highest BCUT2D eigenvalue weighted by atomic mass is 35.5. The molecule has 2 aromatic carbocycles. The first kappa shape index (κ1) is 29.9. The fourth-order valence-electron chi connectivity index (χ4n) is 3.75. The van der Waals surface area contributed by atoms with E-state index in [1.165, 1.54) is 30.3 Å². The minimum Gasteiger partial charge on any atom is -0.337 e. The maximum atomic E-state index is 14.5. The number of hydrogen-bond donors (Lipinski definition) is 1. The molecule has 0 bridgehead atoms.